The second kappa shape index (κ2) is 13.1. The first-order valence-electron chi connectivity index (χ1n) is 12.9. The number of carbonyl (C=O) groups is 3. The van der Waals surface area contributed by atoms with Crippen molar-refractivity contribution in [1.29, 1.82) is 0 Å². The van der Waals surface area contributed by atoms with Gasteiger partial charge in [0.15, 0.2) is 18.1 Å². The number of para-hydroxylation sites is 1. The molecular formula is C30H29N3O7S. The Morgan fingerprint density at radius 1 is 1.05 bits per heavy atom. The summed E-state index contributed by atoms with van der Waals surface area (Å²) in [5, 5.41) is 13.3. The van der Waals surface area contributed by atoms with Gasteiger partial charge in [-0.25, -0.2) is 0 Å². The summed E-state index contributed by atoms with van der Waals surface area (Å²) in [6, 6.07) is 18.3. The molecule has 3 amide bonds. The van der Waals surface area contributed by atoms with Gasteiger partial charge in [-0.05, 0) is 65.6 Å². The molecule has 0 atom stereocenters. The van der Waals surface area contributed by atoms with Crippen LogP contribution in [0.2, 0.25) is 0 Å². The summed E-state index contributed by atoms with van der Waals surface area (Å²) in [7, 11) is 0. The van der Waals surface area contributed by atoms with Gasteiger partial charge in [-0.3, -0.25) is 29.4 Å². The number of benzene rings is 3. The van der Waals surface area contributed by atoms with Crippen LogP contribution in [0, 0.1) is 10.1 Å². The van der Waals surface area contributed by atoms with E-state index in [9.17, 15) is 24.5 Å². The Morgan fingerprint density at radius 2 is 1.78 bits per heavy atom. The average Bonchev–Trinajstić information content (AvgIpc) is 3.20. The Labute approximate surface area is 241 Å². The Hall–Kier alpha value is -4.64. The Balaban J connectivity index is 1.44. The molecule has 0 unspecified atom stereocenters. The molecule has 41 heavy (non-hydrogen) atoms. The standard InChI is InChI=1S/C30H29N3O7S/c1-4-39-26-15-21(11-14-25(26)40-18-28(34)31-24-8-6-5-7-23(24)19(2)3)16-27-29(35)32(30(36)41-27)17-20-9-12-22(13-10-20)33(37)38/h5-16,19H,4,17-18H2,1-3H3,(H,31,34). The highest BCUT2D eigenvalue weighted by Crippen LogP contribution is 2.35. The number of nitrogens with one attached hydrogen (secondary N) is 1. The topological polar surface area (TPSA) is 128 Å². The summed E-state index contributed by atoms with van der Waals surface area (Å²) >= 11 is 0.811. The van der Waals surface area contributed by atoms with Crippen molar-refractivity contribution in [2.24, 2.45) is 0 Å². The molecular weight excluding hydrogens is 546 g/mol. The van der Waals surface area contributed by atoms with Crippen LogP contribution in [0.1, 0.15) is 43.4 Å². The second-order valence-electron chi connectivity index (χ2n) is 9.41. The Bertz CT molecular complexity index is 1500. The molecule has 3 aromatic rings. The molecule has 1 heterocycles. The minimum Gasteiger partial charge on any atom is -0.490 e. The summed E-state index contributed by atoms with van der Waals surface area (Å²) in [6.45, 7) is 6.04. The molecule has 0 saturated carbocycles. The van der Waals surface area contributed by atoms with E-state index in [1.54, 1.807) is 24.3 Å². The molecule has 3 aromatic carbocycles. The van der Waals surface area contributed by atoms with Crippen LogP contribution in [0.3, 0.4) is 0 Å². The average molecular weight is 576 g/mol. The van der Waals surface area contributed by atoms with Crippen molar-refractivity contribution in [1.82, 2.24) is 4.90 Å². The lowest BCUT2D eigenvalue weighted by Gasteiger charge is -2.15. The van der Waals surface area contributed by atoms with Crippen molar-refractivity contribution < 1.29 is 28.8 Å². The number of nitro groups is 1. The van der Waals surface area contributed by atoms with E-state index in [1.807, 2.05) is 31.2 Å². The fourth-order valence-electron chi connectivity index (χ4n) is 4.14. The van der Waals surface area contributed by atoms with E-state index in [-0.39, 0.29) is 35.6 Å². The minimum atomic E-state index is -0.513. The summed E-state index contributed by atoms with van der Waals surface area (Å²) in [5.74, 6) is 0.221. The molecule has 0 bridgehead atoms. The molecule has 11 heteroatoms. The van der Waals surface area contributed by atoms with Crippen molar-refractivity contribution >= 4 is 46.3 Å². The lowest BCUT2D eigenvalue weighted by atomic mass is 10.0. The van der Waals surface area contributed by atoms with Gasteiger partial charge in [0.05, 0.1) is 23.0 Å². The van der Waals surface area contributed by atoms with Gasteiger partial charge in [-0.1, -0.05) is 50.2 Å². The third kappa shape index (κ3) is 7.31. The van der Waals surface area contributed by atoms with E-state index in [0.717, 1.165) is 27.9 Å². The summed E-state index contributed by atoms with van der Waals surface area (Å²) in [5.41, 5.74) is 2.89. The zero-order chi connectivity index (χ0) is 29.5. The molecule has 1 N–H and O–H groups in total. The number of anilines is 1. The SMILES string of the molecule is CCOc1cc(C=C2SC(=O)N(Cc3ccc([N+](=O)[O-])cc3)C2=O)ccc1OCC(=O)Nc1ccccc1C(C)C. The number of rotatable bonds is 11. The van der Waals surface area contributed by atoms with Crippen LogP contribution in [-0.2, 0) is 16.1 Å². The van der Waals surface area contributed by atoms with E-state index >= 15 is 0 Å². The maximum Gasteiger partial charge on any atom is 0.293 e. The second-order valence-corrected chi connectivity index (χ2v) is 10.4. The van der Waals surface area contributed by atoms with E-state index in [0.29, 0.717) is 29.2 Å². The number of hydrogen-bond donors (Lipinski definition) is 1. The molecule has 212 valence electrons. The van der Waals surface area contributed by atoms with Gasteiger partial charge < -0.3 is 14.8 Å². The fraction of sp³-hybridized carbons (Fsp3) is 0.233. The predicted molar refractivity (Wildman–Crippen MR) is 157 cm³/mol. The number of imide groups is 1. The maximum absolute atomic E-state index is 13.0. The quantitative estimate of drug-likeness (QED) is 0.159. The minimum absolute atomic E-state index is 0.000676. The first-order valence-corrected chi connectivity index (χ1v) is 13.7. The van der Waals surface area contributed by atoms with Gasteiger partial charge in [0.25, 0.3) is 22.7 Å². The number of nitro benzene ring substituents is 1. The van der Waals surface area contributed by atoms with Crippen LogP contribution in [-0.4, -0.2) is 40.1 Å². The van der Waals surface area contributed by atoms with E-state index in [4.69, 9.17) is 9.47 Å². The molecule has 0 radical (unpaired) electrons. The van der Waals surface area contributed by atoms with Gasteiger partial charge in [-0.15, -0.1) is 0 Å². The fourth-order valence-corrected chi connectivity index (χ4v) is 4.98. The summed E-state index contributed by atoms with van der Waals surface area (Å²) < 4.78 is 11.5. The van der Waals surface area contributed by atoms with Gasteiger partial charge >= 0.3 is 0 Å². The van der Waals surface area contributed by atoms with Crippen molar-refractivity contribution in [2.45, 2.75) is 33.2 Å². The number of non-ortho nitro benzene ring substituents is 1. The van der Waals surface area contributed by atoms with Crippen LogP contribution >= 0.6 is 11.8 Å². The maximum atomic E-state index is 13.0. The lowest BCUT2D eigenvalue weighted by molar-refractivity contribution is -0.384. The highest BCUT2D eigenvalue weighted by molar-refractivity contribution is 8.18. The number of carbonyl (C=O) groups excluding carboxylic acids is 3. The van der Waals surface area contributed by atoms with E-state index in [2.05, 4.69) is 19.2 Å². The van der Waals surface area contributed by atoms with Gasteiger partial charge in [-0.2, -0.15) is 0 Å². The van der Waals surface area contributed by atoms with Crippen LogP contribution in [0.4, 0.5) is 16.2 Å². The zero-order valence-corrected chi connectivity index (χ0v) is 23.6. The third-order valence-electron chi connectivity index (χ3n) is 6.14. The van der Waals surface area contributed by atoms with Gasteiger partial charge in [0, 0.05) is 17.8 Å². The van der Waals surface area contributed by atoms with E-state index < -0.39 is 16.1 Å². The van der Waals surface area contributed by atoms with Crippen molar-refractivity contribution in [3.63, 3.8) is 0 Å². The van der Waals surface area contributed by atoms with E-state index in [1.165, 1.54) is 24.3 Å². The molecule has 1 aliphatic heterocycles. The number of amides is 3. The van der Waals surface area contributed by atoms with Crippen LogP contribution in [0.5, 0.6) is 11.5 Å². The predicted octanol–water partition coefficient (Wildman–Crippen LogP) is 6.37. The van der Waals surface area contributed by atoms with Gasteiger partial charge in [0.1, 0.15) is 0 Å². The summed E-state index contributed by atoms with van der Waals surface area (Å²) in [4.78, 5) is 49.8. The highest BCUT2D eigenvalue weighted by Gasteiger charge is 2.35. The normalized spacial score (nSPS) is 14.0. The Morgan fingerprint density at radius 3 is 2.46 bits per heavy atom. The number of nitrogens with zero attached hydrogens (tertiary/aromatic N) is 2. The highest BCUT2D eigenvalue weighted by atomic mass is 32.2. The van der Waals surface area contributed by atoms with Crippen molar-refractivity contribution in [3.8, 4) is 11.5 Å². The van der Waals surface area contributed by atoms with Gasteiger partial charge in [0.2, 0.25) is 0 Å². The van der Waals surface area contributed by atoms with Crippen LogP contribution < -0.4 is 14.8 Å². The molecule has 1 aliphatic rings. The molecule has 0 spiro atoms. The Kier molecular flexibility index (Phi) is 9.41. The largest absolute Gasteiger partial charge is 0.490 e. The first-order chi connectivity index (χ1) is 19.7. The molecule has 4 rings (SSSR count). The molecule has 10 nitrogen and oxygen atoms in total. The monoisotopic (exact) mass is 575 g/mol. The summed E-state index contributed by atoms with van der Waals surface area (Å²) in [6.07, 6.45) is 1.59. The lowest BCUT2D eigenvalue weighted by Crippen LogP contribution is -2.27. The molecule has 1 saturated heterocycles. The number of hydrogen-bond acceptors (Lipinski definition) is 8. The molecule has 0 aromatic heterocycles. The first kappa shape index (κ1) is 29.3. The number of ether oxygens (including phenoxy) is 2. The third-order valence-corrected chi connectivity index (χ3v) is 7.05. The smallest absolute Gasteiger partial charge is 0.293 e. The van der Waals surface area contributed by atoms with Crippen molar-refractivity contribution in [3.05, 3.63) is 98.4 Å². The molecule has 1 fully saturated rings. The zero-order valence-electron chi connectivity index (χ0n) is 22.8. The van der Waals surface area contributed by atoms with Crippen LogP contribution in [0.25, 0.3) is 6.08 Å². The number of thioether (sulfide) groups is 1. The van der Waals surface area contributed by atoms with Crippen molar-refractivity contribution in [2.75, 3.05) is 18.5 Å². The van der Waals surface area contributed by atoms with Crippen LogP contribution in [0.15, 0.2) is 71.6 Å². The molecule has 0 aliphatic carbocycles.